The maximum Gasteiger partial charge on any atom is 0.162 e. The fourth-order valence-corrected chi connectivity index (χ4v) is 3.85. The molecule has 21 heavy (non-hydrogen) atoms. The second-order valence-electron chi connectivity index (χ2n) is 6.12. The standard InChI is InChI=1S/C17H24BrNO2/c1-20-16-10-12(9-13-5-4-8-19-13)15(18)11-17(16)21-14-6-2-3-7-14/h10-11,13-14,19H,2-9H2,1H3. The molecule has 1 saturated carbocycles. The molecule has 4 heteroatoms. The van der Waals surface area contributed by atoms with Gasteiger partial charge in [-0.05, 0) is 69.2 Å². The van der Waals surface area contributed by atoms with Crippen LogP contribution in [0.3, 0.4) is 0 Å². The Kier molecular flexibility index (Phi) is 5.07. The molecule has 0 aromatic heterocycles. The van der Waals surface area contributed by atoms with Crippen LogP contribution < -0.4 is 14.8 Å². The maximum absolute atomic E-state index is 6.13. The van der Waals surface area contributed by atoms with Crippen LogP contribution in [0.4, 0.5) is 0 Å². The monoisotopic (exact) mass is 353 g/mol. The van der Waals surface area contributed by atoms with Gasteiger partial charge in [0.2, 0.25) is 0 Å². The summed E-state index contributed by atoms with van der Waals surface area (Å²) in [5.74, 6) is 1.73. The van der Waals surface area contributed by atoms with Gasteiger partial charge in [-0.2, -0.15) is 0 Å². The Hall–Kier alpha value is -0.740. The molecule has 0 amide bonds. The number of nitrogens with one attached hydrogen (secondary N) is 1. The first-order valence-electron chi connectivity index (χ1n) is 8.02. The van der Waals surface area contributed by atoms with E-state index in [9.17, 15) is 0 Å². The fraction of sp³-hybridized carbons (Fsp3) is 0.647. The van der Waals surface area contributed by atoms with Crippen molar-refractivity contribution in [1.29, 1.82) is 0 Å². The molecule has 3 rings (SSSR count). The highest BCUT2D eigenvalue weighted by Crippen LogP contribution is 2.37. The zero-order chi connectivity index (χ0) is 14.7. The van der Waals surface area contributed by atoms with Crippen molar-refractivity contribution in [2.45, 2.75) is 57.1 Å². The van der Waals surface area contributed by atoms with E-state index in [1.54, 1.807) is 7.11 Å². The van der Waals surface area contributed by atoms with Gasteiger partial charge in [0, 0.05) is 10.5 Å². The van der Waals surface area contributed by atoms with Crippen LogP contribution in [0.1, 0.15) is 44.1 Å². The molecule has 2 fully saturated rings. The summed E-state index contributed by atoms with van der Waals surface area (Å²) in [6.07, 6.45) is 8.81. The van der Waals surface area contributed by atoms with Gasteiger partial charge in [-0.25, -0.2) is 0 Å². The van der Waals surface area contributed by atoms with E-state index in [-0.39, 0.29) is 0 Å². The number of hydrogen-bond acceptors (Lipinski definition) is 3. The number of rotatable bonds is 5. The molecule has 0 radical (unpaired) electrons. The van der Waals surface area contributed by atoms with E-state index in [0.717, 1.165) is 41.8 Å². The molecule has 1 N–H and O–H groups in total. The first-order valence-corrected chi connectivity index (χ1v) is 8.82. The minimum Gasteiger partial charge on any atom is -0.493 e. The molecule has 1 aliphatic heterocycles. The lowest BCUT2D eigenvalue weighted by Crippen LogP contribution is -2.23. The zero-order valence-corrected chi connectivity index (χ0v) is 14.2. The molecular formula is C17H24BrNO2. The van der Waals surface area contributed by atoms with E-state index in [0.29, 0.717) is 12.1 Å². The Morgan fingerprint density at radius 2 is 1.95 bits per heavy atom. The third-order valence-electron chi connectivity index (χ3n) is 4.56. The molecule has 3 nitrogen and oxygen atoms in total. The van der Waals surface area contributed by atoms with Crippen molar-refractivity contribution in [1.82, 2.24) is 5.32 Å². The molecule has 1 aromatic carbocycles. The molecule has 1 unspecified atom stereocenters. The van der Waals surface area contributed by atoms with Crippen LogP contribution in [0, 0.1) is 0 Å². The van der Waals surface area contributed by atoms with Gasteiger partial charge in [-0.3, -0.25) is 0 Å². The van der Waals surface area contributed by atoms with Gasteiger partial charge in [-0.1, -0.05) is 15.9 Å². The Morgan fingerprint density at radius 3 is 2.62 bits per heavy atom. The van der Waals surface area contributed by atoms with Gasteiger partial charge in [0.15, 0.2) is 11.5 Å². The molecule has 1 saturated heterocycles. The number of hydrogen-bond donors (Lipinski definition) is 1. The van der Waals surface area contributed by atoms with E-state index in [4.69, 9.17) is 9.47 Å². The molecule has 0 bridgehead atoms. The molecule has 1 atom stereocenters. The lowest BCUT2D eigenvalue weighted by atomic mass is 10.0. The third-order valence-corrected chi connectivity index (χ3v) is 5.30. The van der Waals surface area contributed by atoms with Crippen LogP contribution in [0.2, 0.25) is 0 Å². The fourth-order valence-electron chi connectivity index (χ4n) is 3.37. The highest BCUT2D eigenvalue weighted by atomic mass is 79.9. The summed E-state index contributed by atoms with van der Waals surface area (Å²) in [6.45, 7) is 1.14. The number of methoxy groups -OCH3 is 1. The molecule has 2 aliphatic rings. The summed E-state index contributed by atoms with van der Waals surface area (Å²) in [6, 6.07) is 4.81. The third kappa shape index (κ3) is 3.72. The molecular weight excluding hydrogens is 330 g/mol. The lowest BCUT2D eigenvalue weighted by molar-refractivity contribution is 0.200. The predicted octanol–water partition coefficient (Wildman–Crippen LogP) is 4.07. The SMILES string of the molecule is COc1cc(CC2CCCN2)c(Br)cc1OC1CCCC1. The second-order valence-corrected chi connectivity index (χ2v) is 6.97. The minimum absolute atomic E-state index is 0.355. The average molecular weight is 354 g/mol. The summed E-state index contributed by atoms with van der Waals surface area (Å²) < 4.78 is 12.8. The van der Waals surface area contributed by atoms with E-state index < -0.39 is 0 Å². The van der Waals surface area contributed by atoms with Gasteiger partial charge in [-0.15, -0.1) is 0 Å². The van der Waals surface area contributed by atoms with Crippen LogP contribution in [-0.2, 0) is 6.42 Å². The largest absolute Gasteiger partial charge is 0.493 e. The van der Waals surface area contributed by atoms with Gasteiger partial charge >= 0.3 is 0 Å². The normalized spacial score (nSPS) is 22.7. The van der Waals surface area contributed by atoms with Crippen molar-refractivity contribution < 1.29 is 9.47 Å². The number of benzene rings is 1. The lowest BCUT2D eigenvalue weighted by Gasteiger charge is -2.19. The van der Waals surface area contributed by atoms with Crippen LogP contribution in [0.5, 0.6) is 11.5 Å². The Morgan fingerprint density at radius 1 is 1.14 bits per heavy atom. The number of ether oxygens (including phenoxy) is 2. The van der Waals surface area contributed by atoms with Crippen molar-refractivity contribution in [3.8, 4) is 11.5 Å². The smallest absolute Gasteiger partial charge is 0.162 e. The van der Waals surface area contributed by atoms with Crippen molar-refractivity contribution in [2.24, 2.45) is 0 Å². The van der Waals surface area contributed by atoms with Crippen LogP contribution in [0.15, 0.2) is 16.6 Å². The van der Waals surface area contributed by atoms with Crippen molar-refractivity contribution in [2.75, 3.05) is 13.7 Å². The predicted molar refractivity (Wildman–Crippen MR) is 88.3 cm³/mol. The topological polar surface area (TPSA) is 30.5 Å². The van der Waals surface area contributed by atoms with E-state index in [1.807, 2.05) is 0 Å². The first kappa shape index (κ1) is 15.2. The summed E-state index contributed by atoms with van der Waals surface area (Å²) in [5.41, 5.74) is 1.30. The van der Waals surface area contributed by atoms with Crippen LogP contribution >= 0.6 is 15.9 Å². The quantitative estimate of drug-likeness (QED) is 0.865. The van der Waals surface area contributed by atoms with Crippen molar-refractivity contribution in [3.05, 3.63) is 22.2 Å². The van der Waals surface area contributed by atoms with Crippen LogP contribution in [0.25, 0.3) is 0 Å². The van der Waals surface area contributed by atoms with Gasteiger partial charge in [0.05, 0.1) is 13.2 Å². The Bertz CT molecular complexity index is 480. The molecule has 1 aromatic rings. The highest BCUT2D eigenvalue weighted by molar-refractivity contribution is 9.10. The van der Waals surface area contributed by atoms with E-state index in [2.05, 4.69) is 33.4 Å². The summed E-state index contributed by atoms with van der Waals surface area (Å²) in [4.78, 5) is 0. The summed E-state index contributed by atoms with van der Waals surface area (Å²) >= 11 is 3.70. The number of halogens is 1. The van der Waals surface area contributed by atoms with Gasteiger partial charge in [0.25, 0.3) is 0 Å². The van der Waals surface area contributed by atoms with Gasteiger partial charge < -0.3 is 14.8 Å². The Balaban J connectivity index is 1.76. The summed E-state index contributed by atoms with van der Waals surface area (Å²) in [5, 5.41) is 3.55. The zero-order valence-electron chi connectivity index (χ0n) is 12.7. The molecule has 1 heterocycles. The molecule has 116 valence electrons. The highest BCUT2D eigenvalue weighted by Gasteiger charge is 2.21. The average Bonchev–Trinajstić information content (AvgIpc) is 3.15. The minimum atomic E-state index is 0.355. The van der Waals surface area contributed by atoms with E-state index in [1.165, 1.54) is 31.2 Å². The second kappa shape index (κ2) is 7.01. The van der Waals surface area contributed by atoms with Gasteiger partial charge in [0.1, 0.15) is 0 Å². The molecule has 0 spiro atoms. The van der Waals surface area contributed by atoms with Crippen LogP contribution in [-0.4, -0.2) is 25.8 Å². The van der Waals surface area contributed by atoms with Crippen molar-refractivity contribution in [3.63, 3.8) is 0 Å². The maximum atomic E-state index is 6.13. The van der Waals surface area contributed by atoms with Crippen molar-refractivity contribution >= 4 is 15.9 Å². The molecule has 1 aliphatic carbocycles. The first-order chi connectivity index (χ1) is 10.3. The van der Waals surface area contributed by atoms with E-state index >= 15 is 0 Å². The Labute approximate surface area is 135 Å². The summed E-state index contributed by atoms with van der Waals surface area (Å²) in [7, 11) is 1.72.